The molecular weight excluding hydrogens is 326 g/mol. The van der Waals surface area contributed by atoms with Crippen molar-refractivity contribution in [3.05, 3.63) is 35.4 Å². The van der Waals surface area contributed by atoms with Crippen LogP contribution in [0.15, 0.2) is 24.3 Å². The molecule has 3 N–H and O–H groups in total. The van der Waals surface area contributed by atoms with Crippen molar-refractivity contribution in [2.75, 3.05) is 19.6 Å². The maximum atomic E-state index is 12.3. The summed E-state index contributed by atoms with van der Waals surface area (Å²) in [6, 6.07) is 8.52. The molecule has 1 unspecified atom stereocenters. The summed E-state index contributed by atoms with van der Waals surface area (Å²) in [4.78, 5) is 25.2. The van der Waals surface area contributed by atoms with E-state index in [2.05, 4.69) is 48.7 Å². The highest BCUT2D eigenvalue weighted by atomic mass is 16.2. The molecule has 2 atom stereocenters. The van der Waals surface area contributed by atoms with E-state index in [1.165, 1.54) is 5.56 Å². The summed E-state index contributed by atoms with van der Waals surface area (Å²) in [5.41, 5.74) is 2.42. The van der Waals surface area contributed by atoms with Crippen LogP contribution >= 0.6 is 0 Å². The molecule has 0 aliphatic carbocycles. The number of quaternary nitrogens is 1. The topological polar surface area (TPSA) is 62.6 Å². The van der Waals surface area contributed by atoms with Gasteiger partial charge in [-0.1, -0.05) is 38.1 Å². The van der Waals surface area contributed by atoms with Gasteiger partial charge in [-0.25, -0.2) is 0 Å². The Balaban J connectivity index is 2.53. The van der Waals surface area contributed by atoms with Crippen molar-refractivity contribution in [2.24, 2.45) is 5.92 Å². The molecule has 0 aliphatic rings. The van der Waals surface area contributed by atoms with Crippen molar-refractivity contribution in [1.29, 1.82) is 0 Å². The van der Waals surface area contributed by atoms with Crippen LogP contribution in [0, 0.1) is 5.92 Å². The van der Waals surface area contributed by atoms with Crippen molar-refractivity contribution in [2.45, 2.75) is 60.0 Å². The number of hydrogen-bond acceptors (Lipinski definition) is 2. The third-order valence-electron chi connectivity index (χ3n) is 4.27. The minimum absolute atomic E-state index is 0.0153. The lowest BCUT2D eigenvalue weighted by Gasteiger charge is -2.20. The largest absolute Gasteiger partial charge is 0.349 e. The second kappa shape index (κ2) is 11.0. The quantitative estimate of drug-likeness (QED) is 0.591. The van der Waals surface area contributed by atoms with E-state index in [9.17, 15) is 9.59 Å². The Morgan fingerprint density at radius 2 is 1.46 bits per heavy atom. The lowest BCUT2D eigenvalue weighted by atomic mass is 10.00. The minimum Gasteiger partial charge on any atom is -0.349 e. The highest BCUT2D eigenvalue weighted by molar-refractivity contribution is 5.79. The first-order valence-electron chi connectivity index (χ1n) is 9.72. The maximum Gasteiger partial charge on any atom is 0.275 e. The Kier molecular flexibility index (Phi) is 9.35. The van der Waals surface area contributed by atoms with Gasteiger partial charge in [-0.05, 0) is 51.2 Å². The molecule has 5 nitrogen and oxygen atoms in total. The lowest BCUT2D eigenvalue weighted by Crippen LogP contribution is -3.14. The molecule has 0 saturated carbocycles. The van der Waals surface area contributed by atoms with Crippen molar-refractivity contribution in [3.8, 4) is 0 Å². The summed E-state index contributed by atoms with van der Waals surface area (Å²) < 4.78 is 0. The zero-order chi connectivity index (χ0) is 19.7. The Bertz CT molecular complexity index is 567. The van der Waals surface area contributed by atoms with E-state index in [0.29, 0.717) is 19.0 Å². The zero-order valence-electron chi connectivity index (χ0n) is 17.2. The zero-order valence-corrected chi connectivity index (χ0v) is 17.2. The fraction of sp³-hybridized carbons (Fsp3) is 0.619. The molecule has 1 aromatic rings. The van der Waals surface area contributed by atoms with E-state index >= 15 is 0 Å². The van der Waals surface area contributed by atoms with E-state index in [1.54, 1.807) is 0 Å². The molecule has 0 aromatic heterocycles. The number of carbonyl (C=O) groups is 2. The summed E-state index contributed by atoms with van der Waals surface area (Å²) in [6.07, 6.45) is 1.06. The molecule has 146 valence electrons. The van der Waals surface area contributed by atoms with Gasteiger partial charge in [0.05, 0.1) is 12.6 Å². The number of amides is 2. The van der Waals surface area contributed by atoms with Crippen LogP contribution in [0.5, 0.6) is 0 Å². The van der Waals surface area contributed by atoms with E-state index in [-0.39, 0.29) is 23.9 Å². The summed E-state index contributed by atoms with van der Waals surface area (Å²) >= 11 is 0. The van der Waals surface area contributed by atoms with Crippen LogP contribution in [0.25, 0.3) is 0 Å². The van der Waals surface area contributed by atoms with Crippen LogP contribution in [0.2, 0.25) is 0 Å². The predicted octanol–water partition coefficient (Wildman–Crippen LogP) is 1.49. The third kappa shape index (κ3) is 8.48. The summed E-state index contributed by atoms with van der Waals surface area (Å²) in [7, 11) is 0. The Labute approximate surface area is 158 Å². The first-order valence-corrected chi connectivity index (χ1v) is 9.72. The van der Waals surface area contributed by atoms with E-state index < -0.39 is 0 Å². The van der Waals surface area contributed by atoms with Gasteiger partial charge in [0.25, 0.3) is 11.8 Å². The number of carbonyl (C=O) groups excluding carboxylic acids is 2. The Morgan fingerprint density at radius 1 is 0.923 bits per heavy atom. The van der Waals surface area contributed by atoms with Crippen LogP contribution in [-0.4, -0.2) is 37.5 Å². The van der Waals surface area contributed by atoms with Gasteiger partial charge in [-0.15, -0.1) is 0 Å². The second-order valence-corrected chi connectivity index (χ2v) is 7.81. The summed E-state index contributed by atoms with van der Waals surface area (Å²) in [5.74, 6) is 0.588. The van der Waals surface area contributed by atoms with E-state index in [4.69, 9.17) is 0 Å². The van der Waals surface area contributed by atoms with Crippen LogP contribution in [0.4, 0.5) is 0 Å². The molecule has 0 aliphatic heterocycles. The summed E-state index contributed by atoms with van der Waals surface area (Å²) in [6.45, 7) is 13.6. The average molecular weight is 363 g/mol. The number of rotatable bonds is 10. The fourth-order valence-corrected chi connectivity index (χ4v) is 2.93. The van der Waals surface area contributed by atoms with E-state index in [0.717, 1.165) is 23.4 Å². The smallest absolute Gasteiger partial charge is 0.275 e. The van der Waals surface area contributed by atoms with E-state index in [1.807, 2.05) is 27.7 Å². The highest BCUT2D eigenvalue weighted by Gasteiger charge is 2.18. The SMILES string of the molecule is CC[NH+](CC(=O)NC(C)C)CC(=O)N[C@H](C)c1ccc(CC(C)C)cc1. The van der Waals surface area contributed by atoms with Gasteiger partial charge in [0.2, 0.25) is 0 Å². The Morgan fingerprint density at radius 3 is 1.92 bits per heavy atom. The fourth-order valence-electron chi connectivity index (χ4n) is 2.93. The maximum absolute atomic E-state index is 12.3. The lowest BCUT2D eigenvalue weighted by molar-refractivity contribution is -0.881. The van der Waals surface area contributed by atoms with Crippen LogP contribution in [0.1, 0.15) is 58.7 Å². The number of benzene rings is 1. The highest BCUT2D eigenvalue weighted by Crippen LogP contribution is 2.15. The standard InChI is InChI=1S/C21H35N3O2/c1-7-24(13-20(25)22-16(4)5)14-21(26)23-17(6)19-10-8-18(9-11-19)12-15(2)3/h8-11,15-17H,7,12-14H2,1-6H3,(H,22,25)(H,23,26)/p+1/t17-/m1/s1. The second-order valence-electron chi connectivity index (χ2n) is 7.81. The molecule has 0 heterocycles. The Hall–Kier alpha value is -1.88. The van der Waals surface area contributed by atoms with Crippen molar-refractivity contribution in [3.63, 3.8) is 0 Å². The molecule has 0 spiro atoms. The molecular formula is C21H36N3O2+. The normalized spacial score (nSPS) is 13.5. The van der Waals surface area contributed by atoms with Crippen LogP contribution in [-0.2, 0) is 16.0 Å². The van der Waals surface area contributed by atoms with Crippen molar-refractivity contribution in [1.82, 2.24) is 10.6 Å². The monoisotopic (exact) mass is 362 g/mol. The van der Waals surface area contributed by atoms with Gasteiger partial charge in [-0.3, -0.25) is 9.59 Å². The van der Waals surface area contributed by atoms with Gasteiger partial charge in [0, 0.05) is 6.04 Å². The van der Waals surface area contributed by atoms with Gasteiger partial charge < -0.3 is 15.5 Å². The molecule has 5 heteroatoms. The van der Waals surface area contributed by atoms with Gasteiger partial charge in [0.15, 0.2) is 13.1 Å². The average Bonchev–Trinajstić information content (AvgIpc) is 2.53. The molecule has 2 amide bonds. The van der Waals surface area contributed by atoms with Gasteiger partial charge >= 0.3 is 0 Å². The third-order valence-corrected chi connectivity index (χ3v) is 4.27. The van der Waals surface area contributed by atoms with Crippen molar-refractivity contribution < 1.29 is 14.5 Å². The predicted molar refractivity (Wildman–Crippen MR) is 106 cm³/mol. The molecule has 0 radical (unpaired) electrons. The number of likely N-dealkylation sites (N-methyl/N-ethyl adjacent to an activating group) is 1. The molecule has 0 saturated heterocycles. The van der Waals surface area contributed by atoms with Gasteiger partial charge in [0.1, 0.15) is 0 Å². The number of hydrogen-bond donors (Lipinski definition) is 3. The van der Waals surface area contributed by atoms with Crippen LogP contribution in [0.3, 0.4) is 0 Å². The van der Waals surface area contributed by atoms with Gasteiger partial charge in [-0.2, -0.15) is 0 Å². The molecule has 0 bridgehead atoms. The first-order chi connectivity index (χ1) is 12.2. The van der Waals surface area contributed by atoms with Crippen LogP contribution < -0.4 is 15.5 Å². The number of nitrogens with one attached hydrogen (secondary N) is 3. The molecule has 1 rings (SSSR count). The molecule has 0 fully saturated rings. The molecule has 26 heavy (non-hydrogen) atoms. The summed E-state index contributed by atoms with van der Waals surface area (Å²) in [5, 5.41) is 5.92. The van der Waals surface area contributed by atoms with Crippen molar-refractivity contribution >= 4 is 11.8 Å². The molecule has 1 aromatic carbocycles. The minimum atomic E-state index is -0.0433. The first kappa shape index (κ1) is 22.2.